The Morgan fingerprint density at radius 1 is 1.03 bits per heavy atom. The minimum Gasteiger partial charge on any atom is -0.493 e. The molecule has 0 amide bonds. The van der Waals surface area contributed by atoms with E-state index in [-0.39, 0.29) is 30.3 Å². The van der Waals surface area contributed by atoms with E-state index in [0.29, 0.717) is 46.9 Å². The molecule has 11 heteroatoms. The van der Waals surface area contributed by atoms with Crippen LogP contribution in [0.5, 0.6) is 11.5 Å². The predicted octanol–water partition coefficient (Wildman–Crippen LogP) is 6.25. The third-order valence-electron chi connectivity index (χ3n) is 4.77. The van der Waals surface area contributed by atoms with Crippen molar-refractivity contribution in [2.45, 2.75) is 13.2 Å². The van der Waals surface area contributed by atoms with Gasteiger partial charge in [0.2, 0.25) is 0 Å². The Morgan fingerprint density at radius 2 is 1.82 bits per heavy atom. The van der Waals surface area contributed by atoms with Crippen LogP contribution >= 0.6 is 35.6 Å². The molecule has 3 aromatic rings. The molecule has 3 rings (SSSR count). The molecule has 0 aromatic heterocycles. The summed E-state index contributed by atoms with van der Waals surface area (Å²) >= 11 is 12.1. The van der Waals surface area contributed by atoms with Gasteiger partial charge in [-0.2, -0.15) is 0 Å². The van der Waals surface area contributed by atoms with Crippen LogP contribution in [-0.4, -0.2) is 25.1 Å². The van der Waals surface area contributed by atoms with Gasteiger partial charge in [0.25, 0.3) is 5.69 Å². The van der Waals surface area contributed by atoms with Crippen LogP contribution in [0.25, 0.3) is 0 Å². The van der Waals surface area contributed by atoms with E-state index in [0.717, 1.165) is 5.56 Å². The van der Waals surface area contributed by atoms with E-state index < -0.39 is 10.7 Å². The number of halogens is 4. The van der Waals surface area contributed by atoms with Crippen molar-refractivity contribution >= 4 is 47.0 Å². The van der Waals surface area contributed by atoms with E-state index in [2.05, 4.69) is 10.6 Å². The average molecular weight is 531 g/mol. The molecule has 0 spiro atoms. The van der Waals surface area contributed by atoms with Crippen molar-refractivity contribution in [1.29, 1.82) is 0 Å². The molecule has 34 heavy (non-hydrogen) atoms. The van der Waals surface area contributed by atoms with Crippen molar-refractivity contribution < 1.29 is 18.8 Å². The van der Waals surface area contributed by atoms with Crippen molar-refractivity contribution in [1.82, 2.24) is 5.32 Å². The summed E-state index contributed by atoms with van der Waals surface area (Å²) in [6.07, 6.45) is 0. The van der Waals surface area contributed by atoms with Crippen molar-refractivity contribution in [3.05, 3.63) is 91.7 Å². The minimum atomic E-state index is -0.489. The molecule has 0 saturated carbocycles. The van der Waals surface area contributed by atoms with Crippen LogP contribution in [-0.2, 0) is 13.2 Å². The number of nitro groups is 1. The number of ether oxygens (including phenoxy) is 2. The number of benzene rings is 3. The van der Waals surface area contributed by atoms with Gasteiger partial charge in [0.15, 0.2) is 11.5 Å². The number of nitrogens with one attached hydrogen (secondary N) is 2. The van der Waals surface area contributed by atoms with Gasteiger partial charge >= 0.3 is 0 Å². The number of hydrogen-bond donors (Lipinski definition) is 2. The van der Waals surface area contributed by atoms with Crippen LogP contribution in [0.15, 0.2) is 54.6 Å². The Labute approximate surface area is 212 Å². The molecule has 0 bridgehead atoms. The van der Waals surface area contributed by atoms with Crippen LogP contribution in [0.2, 0.25) is 10.0 Å². The Kier molecular flexibility index (Phi) is 10.7. The van der Waals surface area contributed by atoms with E-state index in [1.807, 2.05) is 12.1 Å². The molecule has 0 heterocycles. The number of anilines is 1. The number of non-ortho nitro benzene ring substituents is 1. The first-order valence-corrected chi connectivity index (χ1v) is 10.8. The highest BCUT2D eigenvalue weighted by Gasteiger charge is 2.11. The summed E-state index contributed by atoms with van der Waals surface area (Å²) in [5, 5.41) is 17.8. The van der Waals surface area contributed by atoms with Gasteiger partial charge in [0, 0.05) is 37.3 Å². The predicted molar refractivity (Wildman–Crippen MR) is 134 cm³/mol. The quantitative estimate of drug-likeness (QED) is 0.173. The average Bonchev–Trinajstić information content (AvgIpc) is 2.79. The molecule has 0 fully saturated rings. The maximum Gasteiger partial charge on any atom is 0.271 e. The van der Waals surface area contributed by atoms with Gasteiger partial charge < -0.3 is 20.1 Å². The number of nitro benzene ring substituents is 1. The van der Waals surface area contributed by atoms with Gasteiger partial charge in [-0.25, -0.2) is 4.39 Å². The number of hydrogen-bond acceptors (Lipinski definition) is 6. The third kappa shape index (κ3) is 7.36. The fraction of sp³-hybridized carbons (Fsp3) is 0.217. The summed E-state index contributed by atoms with van der Waals surface area (Å²) in [7, 11) is 1.54. The van der Waals surface area contributed by atoms with E-state index in [4.69, 9.17) is 32.7 Å². The highest BCUT2D eigenvalue weighted by atomic mass is 35.5. The molecule has 0 aliphatic heterocycles. The van der Waals surface area contributed by atoms with Gasteiger partial charge in [0.1, 0.15) is 12.4 Å². The number of methoxy groups -OCH3 is 1. The number of nitrogens with zero attached hydrogens (tertiary/aromatic N) is 1. The molecule has 0 aliphatic carbocycles. The summed E-state index contributed by atoms with van der Waals surface area (Å²) in [5.74, 6) is 0.582. The van der Waals surface area contributed by atoms with Gasteiger partial charge in [0.05, 0.1) is 27.8 Å². The Balaban J connectivity index is 0.00000408. The fourth-order valence-corrected chi connectivity index (χ4v) is 3.50. The lowest BCUT2D eigenvalue weighted by Crippen LogP contribution is -2.21. The topological polar surface area (TPSA) is 85.7 Å². The molecule has 0 atom stereocenters. The van der Waals surface area contributed by atoms with E-state index in [1.54, 1.807) is 24.3 Å². The van der Waals surface area contributed by atoms with Crippen molar-refractivity contribution in [2.24, 2.45) is 0 Å². The highest BCUT2D eigenvalue weighted by molar-refractivity contribution is 6.33. The van der Waals surface area contributed by atoms with Gasteiger partial charge in [-0.1, -0.05) is 35.3 Å². The maximum absolute atomic E-state index is 13.9. The van der Waals surface area contributed by atoms with Gasteiger partial charge in [-0.3, -0.25) is 10.1 Å². The summed E-state index contributed by atoms with van der Waals surface area (Å²) < 4.78 is 25.1. The molecule has 0 radical (unpaired) electrons. The van der Waals surface area contributed by atoms with Crippen LogP contribution < -0.4 is 20.1 Å². The first-order chi connectivity index (χ1) is 15.9. The zero-order chi connectivity index (χ0) is 23.8. The molecule has 2 N–H and O–H groups in total. The monoisotopic (exact) mass is 529 g/mol. The molecule has 0 unspecified atom stereocenters. The van der Waals surface area contributed by atoms with Crippen LogP contribution in [0.3, 0.4) is 0 Å². The van der Waals surface area contributed by atoms with Crippen molar-refractivity contribution in [2.75, 3.05) is 25.5 Å². The largest absolute Gasteiger partial charge is 0.493 e. The summed E-state index contributed by atoms with van der Waals surface area (Å²) in [5.41, 5.74) is 1.83. The molecule has 0 saturated heterocycles. The zero-order valence-corrected chi connectivity index (χ0v) is 20.5. The van der Waals surface area contributed by atoms with Crippen molar-refractivity contribution in [3.8, 4) is 11.5 Å². The Bertz CT molecular complexity index is 1110. The third-order valence-corrected chi connectivity index (χ3v) is 5.44. The Morgan fingerprint density at radius 3 is 2.50 bits per heavy atom. The smallest absolute Gasteiger partial charge is 0.271 e. The van der Waals surface area contributed by atoms with E-state index in [9.17, 15) is 14.5 Å². The molecular weight excluding hydrogens is 508 g/mol. The lowest BCUT2D eigenvalue weighted by Gasteiger charge is -2.14. The zero-order valence-electron chi connectivity index (χ0n) is 18.1. The molecule has 7 nitrogen and oxygen atoms in total. The molecule has 182 valence electrons. The fourth-order valence-electron chi connectivity index (χ4n) is 3.04. The molecular formula is C23H23Cl3FN3O4. The van der Waals surface area contributed by atoms with Crippen molar-refractivity contribution in [3.63, 3.8) is 0 Å². The summed E-state index contributed by atoms with van der Waals surface area (Å²) in [6, 6.07) is 14.3. The van der Waals surface area contributed by atoms with Crippen LogP contribution in [0, 0.1) is 15.9 Å². The lowest BCUT2D eigenvalue weighted by molar-refractivity contribution is -0.384. The normalized spacial score (nSPS) is 10.4. The van der Waals surface area contributed by atoms with Crippen LogP contribution in [0.4, 0.5) is 15.8 Å². The molecule has 3 aromatic carbocycles. The van der Waals surface area contributed by atoms with E-state index in [1.165, 1.54) is 25.3 Å². The lowest BCUT2D eigenvalue weighted by atomic mass is 10.2. The maximum atomic E-state index is 13.9. The number of rotatable bonds is 11. The molecule has 0 aliphatic rings. The first kappa shape index (κ1) is 27.5. The summed E-state index contributed by atoms with van der Waals surface area (Å²) in [6.45, 7) is 1.75. The van der Waals surface area contributed by atoms with Crippen LogP contribution in [0.1, 0.15) is 11.1 Å². The SMILES string of the molecule is COc1cc(CNCCNc2ccc([N+](=O)[O-])cc2Cl)ccc1OCc1c(F)cccc1Cl.Cl. The Hall–Kier alpha value is -2.78. The standard InChI is InChI=1S/C23H22Cl2FN3O4.ClH/c1-32-23-11-15(5-8-22(23)33-14-17-18(24)3-2-4-20(17)26)13-27-9-10-28-21-7-6-16(29(30)31)12-19(21)25;/h2-8,11-12,27-28H,9-10,13-14H2,1H3;1H. The second-order valence-electron chi connectivity index (χ2n) is 7.00. The summed E-state index contributed by atoms with van der Waals surface area (Å²) in [4.78, 5) is 10.3. The van der Waals surface area contributed by atoms with Gasteiger partial charge in [-0.05, 0) is 35.9 Å². The van der Waals surface area contributed by atoms with E-state index >= 15 is 0 Å². The highest BCUT2D eigenvalue weighted by Crippen LogP contribution is 2.30. The minimum absolute atomic E-state index is 0. The second kappa shape index (κ2) is 13.2. The second-order valence-corrected chi connectivity index (χ2v) is 7.81. The first-order valence-electron chi connectivity index (χ1n) is 10.00. The van der Waals surface area contributed by atoms with Gasteiger partial charge in [-0.15, -0.1) is 12.4 Å².